The number of ether oxygens (including phenoxy) is 2. The monoisotopic (exact) mass is 552 g/mol. The molecule has 5 rings (SSSR count). The third-order valence-electron chi connectivity index (χ3n) is 7.22. The van der Waals surface area contributed by atoms with Gasteiger partial charge in [0.2, 0.25) is 0 Å². The minimum Gasteiger partial charge on any atom is -0.472 e. The number of hydrogen-bond donors (Lipinski definition) is 1. The van der Waals surface area contributed by atoms with Crippen molar-refractivity contribution in [3.05, 3.63) is 106 Å². The van der Waals surface area contributed by atoms with Crippen LogP contribution in [0.25, 0.3) is 21.8 Å². The molecule has 0 atom stereocenters. The van der Waals surface area contributed by atoms with Gasteiger partial charge in [-0.25, -0.2) is 4.79 Å². The van der Waals surface area contributed by atoms with Gasteiger partial charge in [0.15, 0.2) is 6.73 Å². The Morgan fingerprint density at radius 1 is 0.927 bits per heavy atom. The Morgan fingerprint density at radius 2 is 1.59 bits per heavy atom. The largest absolute Gasteiger partial charge is 0.472 e. The maximum atomic E-state index is 12.7. The van der Waals surface area contributed by atoms with Crippen LogP contribution >= 0.6 is 0 Å². The van der Waals surface area contributed by atoms with Crippen molar-refractivity contribution in [2.75, 3.05) is 23.3 Å². The summed E-state index contributed by atoms with van der Waals surface area (Å²) in [5.41, 5.74) is 4.91. The molecule has 1 amide bonds. The van der Waals surface area contributed by atoms with Crippen LogP contribution in [-0.2, 0) is 18.1 Å². The molecule has 9 heteroatoms. The Kier molecular flexibility index (Phi) is 8.05. The van der Waals surface area contributed by atoms with Crippen molar-refractivity contribution in [1.29, 1.82) is 0 Å². The van der Waals surface area contributed by atoms with E-state index in [1.54, 1.807) is 6.07 Å². The molecular formula is C32H32N4O5. The fraction of sp³-hybridized carbons (Fsp3) is 0.219. The smallest absolute Gasteiger partial charge is 0.411 e. The highest BCUT2D eigenvalue weighted by Gasteiger charge is 2.16. The Morgan fingerprint density at radius 3 is 2.20 bits per heavy atom. The van der Waals surface area contributed by atoms with Gasteiger partial charge in [0.25, 0.3) is 5.69 Å². The van der Waals surface area contributed by atoms with Crippen LogP contribution in [0.5, 0.6) is 5.75 Å². The molecule has 4 aromatic carbocycles. The predicted molar refractivity (Wildman–Crippen MR) is 162 cm³/mol. The number of non-ortho nitro benzene ring substituents is 1. The molecule has 0 aliphatic carbocycles. The van der Waals surface area contributed by atoms with Crippen molar-refractivity contribution in [3.63, 3.8) is 0 Å². The number of aryl methyl sites for hydroxylation is 1. The van der Waals surface area contributed by atoms with Crippen LogP contribution in [0.15, 0.2) is 84.9 Å². The van der Waals surface area contributed by atoms with Gasteiger partial charge in [0.05, 0.1) is 16.0 Å². The molecule has 5 aromatic rings. The number of benzene rings is 4. The quantitative estimate of drug-likeness (QED) is 0.141. The van der Waals surface area contributed by atoms with E-state index in [-0.39, 0.29) is 19.0 Å². The van der Waals surface area contributed by atoms with Crippen molar-refractivity contribution in [1.82, 2.24) is 4.57 Å². The second-order valence-corrected chi connectivity index (χ2v) is 9.66. The maximum absolute atomic E-state index is 12.7. The number of anilines is 2. The van der Waals surface area contributed by atoms with Crippen molar-refractivity contribution in [3.8, 4) is 5.75 Å². The number of nitrogens with zero attached hydrogens (tertiary/aromatic N) is 3. The molecule has 9 nitrogen and oxygen atoms in total. The van der Waals surface area contributed by atoms with Gasteiger partial charge < -0.3 is 18.9 Å². The molecule has 0 bridgehead atoms. The zero-order chi connectivity index (χ0) is 28.9. The number of nitrogens with one attached hydrogen (secondary N) is 1. The second kappa shape index (κ2) is 12.0. The number of hydrogen-bond acceptors (Lipinski definition) is 6. The first-order valence-electron chi connectivity index (χ1n) is 13.5. The molecule has 41 heavy (non-hydrogen) atoms. The van der Waals surface area contributed by atoms with E-state index < -0.39 is 11.0 Å². The summed E-state index contributed by atoms with van der Waals surface area (Å²) in [6.45, 7) is 7.85. The highest BCUT2D eigenvalue weighted by Crippen LogP contribution is 2.31. The molecule has 0 aliphatic rings. The van der Waals surface area contributed by atoms with Crippen LogP contribution in [0.2, 0.25) is 0 Å². The van der Waals surface area contributed by atoms with Crippen LogP contribution in [0.3, 0.4) is 0 Å². The van der Waals surface area contributed by atoms with Crippen LogP contribution < -0.4 is 15.0 Å². The molecule has 0 fully saturated rings. The summed E-state index contributed by atoms with van der Waals surface area (Å²) in [5, 5.41) is 16.5. The third kappa shape index (κ3) is 5.79. The highest BCUT2D eigenvalue weighted by atomic mass is 16.6. The van der Waals surface area contributed by atoms with Gasteiger partial charge in [-0.05, 0) is 62.7 Å². The average Bonchev–Trinajstić information content (AvgIpc) is 3.30. The first-order chi connectivity index (χ1) is 19.9. The van der Waals surface area contributed by atoms with Crippen molar-refractivity contribution < 1.29 is 19.2 Å². The Balaban J connectivity index is 1.33. The molecule has 0 spiro atoms. The summed E-state index contributed by atoms with van der Waals surface area (Å²) in [7, 11) is 0. The molecule has 210 valence electrons. The van der Waals surface area contributed by atoms with Gasteiger partial charge in [-0.3, -0.25) is 15.4 Å². The minimum absolute atomic E-state index is 0.115. The first kappa shape index (κ1) is 27.5. The number of fused-ring (bicyclic) bond motifs is 3. The first-order valence-corrected chi connectivity index (χ1v) is 13.5. The summed E-state index contributed by atoms with van der Waals surface area (Å²) < 4.78 is 13.7. The summed E-state index contributed by atoms with van der Waals surface area (Å²) in [4.78, 5) is 25.9. The number of rotatable bonds is 10. The van der Waals surface area contributed by atoms with Crippen LogP contribution in [0.1, 0.15) is 25.0 Å². The molecule has 0 saturated carbocycles. The highest BCUT2D eigenvalue weighted by molar-refractivity contribution is 6.07. The Labute approximate surface area is 238 Å². The van der Waals surface area contributed by atoms with Gasteiger partial charge >= 0.3 is 6.09 Å². The van der Waals surface area contributed by atoms with Crippen LogP contribution in [0.4, 0.5) is 21.9 Å². The van der Waals surface area contributed by atoms with E-state index >= 15 is 0 Å². The van der Waals surface area contributed by atoms with Crippen LogP contribution in [0, 0.1) is 17.0 Å². The zero-order valence-corrected chi connectivity index (χ0v) is 23.3. The molecule has 0 radical (unpaired) electrons. The SMILES string of the molecule is CCN(CC)c1ccc(NC(=O)OCc2cc([N+](=O)[O-])ccc2OCn2c3ccccc3c3ccccc32)c(C)c1. The molecular weight excluding hydrogens is 520 g/mol. The van der Waals surface area contributed by atoms with Crippen LogP contribution in [-0.4, -0.2) is 28.7 Å². The summed E-state index contributed by atoms with van der Waals surface area (Å²) in [6, 6.07) is 26.2. The molecule has 0 saturated heterocycles. The number of amides is 1. The Bertz CT molecular complexity index is 1670. The summed E-state index contributed by atoms with van der Waals surface area (Å²) >= 11 is 0. The molecule has 0 aliphatic heterocycles. The van der Waals surface area contributed by atoms with Gasteiger partial charge in [-0.1, -0.05) is 36.4 Å². The number of carbonyl (C=O) groups is 1. The second-order valence-electron chi connectivity index (χ2n) is 9.66. The molecule has 1 aromatic heterocycles. The summed E-state index contributed by atoms with van der Waals surface area (Å²) in [6.07, 6.45) is -0.663. The predicted octanol–water partition coefficient (Wildman–Crippen LogP) is 7.64. The average molecular weight is 553 g/mol. The van der Waals surface area contributed by atoms with Crippen molar-refractivity contribution in [2.24, 2.45) is 0 Å². The maximum Gasteiger partial charge on any atom is 0.411 e. The van der Waals surface area contributed by atoms with Crippen molar-refractivity contribution in [2.45, 2.75) is 34.1 Å². The van der Waals surface area contributed by atoms with Gasteiger partial charge in [0, 0.05) is 52.9 Å². The minimum atomic E-state index is -0.663. The van der Waals surface area contributed by atoms with Gasteiger partial charge in [-0.15, -0.1) is 0 Å². The van der Waals surface area contributed by atoms with E-state index in [9.17, 15) is 14.9 Å². The third-order valence-corrected chi connectivity index (χ3v) is 7.22. The molecule has 0 unspecified atom stereocenters. The lowest BCUT2D eigenvalue weighted by Crippen LogP contribution is -2.22. The number of nitro benzene ring substituents is 1. The topological polar surface area (TPSA) is 98.9 Å². The normalized spacial score (nSPS) is 11.0. The number of para-hydroxylation sites is 2. The number of nitro groups is 1. The van der Waals surface area contributed by atoms with E-state index in [1.165, 1.54) is 12.1 Å². The van der Waals surface area contributed by atoms with E-state index in [0.29, 0.717) is 17.0 Å². The van der Waals surface area contributed by atoms with E-state index in [2.05, 4.69) is 36.2 Å². The fourth-order valence-electron chi connectivity index (χ4n) is 5.07. The molecule has 1 N–H and O–H groups in total. The van der Waals surface area contributed by atoms with E-state index in [1.807, 2.05) is 66.1 Å². The van der Waals surface area contributed by atoms with E-state index in [0.717, 1.165) is 46.1 Å². The van der Waals surface area contributed by atoms with Crippen molar-refractivity contribution >= 4 is 45.0 Å². The lowest BCUT2D eigenvalue weighted by Gasteiger charge is -2.22. The fourth-order valence-corrected chi connectivity index (χ4v) is 5.07. The Hall–Kier alpha value is -5.05. The van der Waals surface area contributed by atoms with Gasteiger partial charge in [-0.2, -0.15) is 0 Å². The summed E-state index contributed by atoms with van der Waals surface area (Å²) in [5.74, 6) is 0.394. The lowest BCUT2D eigenvalue weighted by molar-refractivity contribution is -0.385. The molecule has 1 heterocycles. The van der Waals surface area contributed by atoms with Gasteiger partial charge in [0.1, 0.15) is 12.4 Å². The number of carbonyl (C=O) groups excluding carboxylic acids is 1. The van der Waals surface area contributed by atoms with E-state index in [4.69, 9.17) is 9.47 Å². The standard InChI is InChI=1S/C32H32N4O5/c1-4-34(5-2)24-14-16-28(22(3)18-24)33-32(37)40-20-23-19-25(36(38)39)15-17-31(23)41-21-35-29-12-8-6-10-26(29)27-11-7-9-13-30(27)35/h6-19H,4-5,20-21H2,1-3H3,(H,33,37). The zero-order valence-electron chi connectivity index (χ0n) is 23.3. The number of aromatic nitrogens is 1. The lowest BCUT2D eigenvalue weighted by atomic mass is 10.1.